The normalized spacial score (nSPS) is 30.2. The highest BCUT2D eigenvalue weighted by molar-refractivity contribution is 5.89. The molecule has 196 valence electrons. The largest absolute Gasteiger partial charge is 0.490 e. The SMILES string of the molecule is CC1CCC(Oc2ccc3ccc(C(C)N4C5CCCC4CC(C(=O)O)C5)cc3c2C(F)(F)F)CC1. The van der Waals surface area contributed by atoms with Crippen molar-refractivity contribution in [2.75, 3.05) is 0 Å². The van der Waals surface area contributed by atoms with Crippen molar-refractivity contribution in [3.63, 3.8) is 0 Å². The summed E-state index contributed by atoms with van der Waals surface area (Å²) in [5.41, 5.74) is 0.153. The number of carboxylic acids is 1. The van der Waals surface area contributed by atoms with Crippen LogP contribution >= 0.6 is 0 Å². The highest BCUT2D eigenvalue weighted by atomic mass is 19.4. The Morgan fingerprint density at radius 2 is 1.67 bits per heavy atom. The van der Waals surface area contributed by atoms with Crippen molar-refractivity contribution in [3.8, 4) is 5.75 Å². The van der Waals surface area contributed by atoms with Gasteiger partial charge in [0.25, 0.3) is 0 Å². The van der Waals surface area contributed by atoms with Gasteiger partial charge >= 0.3 is 12.1 Å². The highest BCUT2D eigenvalue weighted by Gasteiger charge is 2.43. The number of aliphatic carboxylic acids is 1. The summed E-state index contributed by atoms with van der Waals surface area (Å²) in [6, 6.07) is 8.81. The Balaban J connectivity index is 1.48. The van der Waals surface area contributed by atoms with Crippen LogP contribution in [0.5, 0.6) is 5.75 Å². The molecule has 2 heterocycles. The van der Waals surface area contributed by atoms with Crippen molar-refractivity contribution in [2.24, 2.45) is 11.8 Å². The van der Waals surface area contributed by atoms with Crippen molar-refractivity contribution in [3.05, 3.63) is 41.5 Å². The van der Waals surface area contributed by atoms with Crippen LogP contribution in [0.3, 0.4) is 0 Å². The fourth-order valence-corrected chi connectivity index (χ4v) is 6.92. The van der Waals surface area contributed by atoms with Crippen LogP contribution in [-0.2, 0) is 11.0 Å². The van der Waals surface area contributed by atoms with E-state index in [1.54, 1.807) is 18.2 Å². The third-order valence-corrected chi connectivity index (χ3v) is 8.86. The van der Waals surface area contributed by atoms with E-state index >= 15 is 0 Å². The van der Waals surface area contributed by atoms with Gasteiger partial charge in [0, 0.05) is 18.1 Å². The van der Waals surface area contributed by atoms with Gasteiger partial charge in [-0.25, -0.2) is 0 Å². The van der Waals surface area contributed by atoms with E-state index in [0.717, 1.165) is 50.5 Å². The van der Waals surface area contributed by atoms with Crippen LogP contribution in [0.1, 0.15) is 88.8 Å². The van der Waals surface area contributed by atoms with Gasteiger partial charge in [-0.1, -0.05) is 31.5 Å². The molecule has 3 unspecified atom stereocenters. The van der Waals surface area contributed by atoms with Crippen LogP contribution in [0, 0.1) is 11.8 Å². The number of nitrogens with zero attached hydrogens (tertiary/aromatic N) is 1. The van der Waals surface area contributed by atoms with Gasteiger partial charge in [0.05, 0.1) is 12.0 Å². The number of halogens is 3. The fourth-order valence-electron chi connectivity index (χ4n) is 6.92. The Morgan fingerprint density at radius 3 is 2.28 bits per heavy atom. The maximum absolute atomic E-state index is 14.4. The minimum atomic E-state index is -4.53. The van der Waals surface area contributed by atoms with Gasteiger partial charge in [0.15, 0.2) is 0 Å². The molecule has 2 aromatic rings. The first-order chi connectivity index (χ1) is 17.1. The molecule has 1 aliphatic carbocycles. The van der Waals surface area contributed by atoms with Crippen molar-refractivity contribution < 1.29 is 27.8 Å². The lowest BCUT2D eigenvalue weighted by Gasteiger charge is -2.51. The molecule has 1 N–H and O–H groups in total. The van der Waals surface area contributed by atoms with Crippen LogP contribution in [0.2, 0.25) is 0 Å². The number of carboxylic acid groups (broad SMARTS) is 1. The van der Waals surface area contributed by atoms with Gasteiger partial charge in [-0.2, -0.15) is 13.2 Å². The summed E-state index contributed by atoms with van der Waals surface area (Å²) in [7, 11) is 0. The molecular weight excluding hydrogens is 467 g/mol. The fraction of sp³-hybridized carbons (Fsp3) is 0.621. The number of hydrogen-bond acceptors (Lipinski definition) is 3. The summed E-state index contributed by atoms with van der Waals surface area (Å²) in [5, 5.41) is 10.3. The standard InChI is InChI=1S/C29H36F3NO3/c1-17-6-11-24(12-7-17)36-26-13-10-19-8-9-20(16-25(19)27(26)29(30,31)32)18(2)33-22-4-3-5-23(33)15-21(14-22)28(34)35/h8-10,13,16-18,21-24H,3-7,11-12,14-15H2,1-2H3,(H,34,35). The zero-order valence-electron chi connectivity index (χ0n) is 21.1. The van der Waals surface area contributed by atoms with E-state index in [0.29, 0.717) is 24.1 Å². The molecule has 5 rings (SSSR count). The minimum absolute atomic E-state index is 0.0708. The third-order valence-electron chi connectivity index (χ3n) is 8.86. The molecule has 2 saturated heterocycles. The average Bonchev–Trinajstić information content (AvgIpc) is 2.82. The van der Waals surface area contributed by atoms with Crippen molar-refractivity contribution in [2.45, 2.75) is 102 Å². The number of rotatable bonds is 5. The number of benzene rings is 2. The Morgan fingerprint density at radius 1 is 1.03 bits per heavy atom. The first-order valence-electron chi connectivity index (χ1n) is 13.4. The van der Waals surface area contributed by atoms with Crippen LogP contribution in [0.15, 0.2) is 30.3 Å². The number of ether oxygens (including phenoxy) is 1. The molecular formula is C29H36F3NO3. The van der Waals surface area contributed by atoms with E-state index in [1.807, 2.05) is 13.0 Å². The summed E-state index contributed by atoms with van der Waals surface area (Å²) >= 11 is 0. The molecule has 7 heteroatoms. The second-order valence-electron chi connectivity index (χ2n) is 11.3. The van der Waals surface area contributed by atoms with Crippen LogP contribution in [-0.4, -0.2) is 34.2 Å². The second kappa shape index (κ2) is 9.88. The quantitative estimate of drug-likeness (QED) is 0.457. The van der Waals surface area contributed by atoms with Crippen molar-refractivity contribution in [1.29, 1.82) is 0 Å². The Kier molecular flexibility index (Phi) is 6.96. The molecule has 2 bridgehead atoms. The van der Waals surface area contributed by atoms with Gasteiger partial charge in [-0.05, 0) is 92.7 Å². The lowest BCUT2D eigenvalue weighted by atomic mass is 9.77. The van der Waals surface area contributed by atoms with Crippen LogP contribution in [0.4, 0.5) is 13.2 Å². The number of alkyl halides is 3. The zero-order chi connectivity index (χ0) is 25.6. The molecule has 3 fully saturated rings. The first-order valence-corrected chi connectivity index (χ1v) is 13.4. The van der Waals surface area contributed by atoms with E-state index in [2.05, 4.69) is 11.8 Å². The van der Waals surface area contributed by atoms with E-state index in [1.165, 1.54) is 6.07 Å². The second-order valence-corrected chi connectivity index (χ2v) is 11.3. The predicted octanol–water partition coefficient (Wildman–Crippen LogP) is 7.59. The molecule has 3 aliphatic rings. The summed E-state index contributed by atoms with van der Waals surface area (Å²) in [4.78, 5) is 14.0. The van der Waals surface area contributed by atoms with Gasteiger partial charge in [0.2, 0.25) is 0 Å². The molecule has 0 amide bonds. The van der Waals surface area contributed by atoms with Crippen molar-refractivity contribution in [1.82, 2.24) is 4.90 Å². The Bertz CT molecular complexity index is 1090. The predicted molar refractivity (Wildman–Crippen MR) is 133 cm³/mol. The topological polar surface area (TPSA) is 49.8 Å². The number of fused-ring (bicyclic) bond motifs is 3. The molecule has 3 atom stereocenters. The number of carbonyl (C=O) groups is 1. The lowest BCUT2D eigenvalue weighted by molar-refractivity contribution is -0.147. The van der Waals surface area contributed by atoms with Gasteiger partial charge in [0.1, 0.15) is 11.3 Å². The summed E-state index contributed by atoms with van der Waals surface area (Å²) in [6.45, 7) is 4.22. The molecule has 0 radical (unpaired) electrons. The maximum Gasteiger partial charge on any atom is 0.420 e. The first kappa shape index (κ1) is 25.4. The van der Waals surface area contributed by atoms with E-state index in [9.17, 15) is 23.1 Å². The maximum atomic E-state index is 14.4. The molecule has 0 aromatic heterocycles. The molecule has 36 heavy (non-hydrogen) atoms. The van der Waals surface area contributed by atoms with Gasteiger partial charge in [-0.15, -0.1) is 0 Å². The highest BCUT2D eigenvalue weighted by Crippen LogP contribution is 2.45. The summed E-state index contributed by atoms with van der Waals surface area (Å²) in [5.74, 6) is -0.550. The number of hydrogen-bond donors (Lipinski definition) is 1. The zero-order valence-corrected chi connectivity index (χ0v) is 21.1. The Hall–Kier alpha value is -2.28. The van der Waals surface area contributed by atoms with Gasteiger partial charge < -0.3 is 9.84 Å². The Labute approximate surface area is 210 Å². The smallest absolute Gasteiger partial charge is 0.420 e. The molecule has 2 aliphatic heterocycles. The monoisotopic (exact) mass is 503 g/mol. The van der Waals surface area contributed by atoms with Crippen LogP contribution in [0.25, 0.3) is 10.8 Å². The molecule has 4 nitrogen and oxygen atoms in total. The average molecular weight is 504 g/mol. The summed E-state index contributed by atoms with van der Waals surface area (Å²) in [6.07, 6.45) is 2.95. The number of piperidine rings is 2. The van der Waals surface area contributed by atoms with E-state index < -0.39 is 17.7 Å². The molecule has 2 aromatic carbocycles. The lowest BCUT2D eigenvalue weighted by Crippen LogP contribution is -2.53. The van der Waals surface area contributed by atoms with E-state index in [-0.39, 0.29) is 41.3 Å². The molecule has 1 saturated carbocycles. The minimum Gasteiger partial charge on any atom is -0.490 e. The van der Waals surface area contributed by atoms with Gasteiger partial charge in [-0.3, -0.25) is 9.69 Å². The summed E-state index contributed by atoms with van der Waals surface area (Å²) < 4.78 is 49.3. The van der Waals surface area contributed by atoms with Crippen LogP contribution < -0.4 is 4.74 Å². The van der Waals surface area contributed by atoms with Crippen molar-refractivity contribution >= 4 is 16.7 Å². The van der Waals surface area contributed by atoms with E-state index in [4.69, 9.17) is 4.74 Å². The third kappa shape index (κ3) is 4.96. The molecule has 0 spiro atoms.